The molecule has 4 N–H and O–H groups in total. The predicted octanol–water partition coefficient (Wildman–Crippen LogP) is 2.67. The van der Waals surface area contributed by atoms with Gasteiger partial charge in [-0.15, -0.1) is 0 Å². The van der Waals surface area contributed by atoms with Crippen LogP contribution in [0.2, 0.25) is 0 Å². The molecule has 1 saturated heterocycles. The second-order valence-electron chi connectivity index (χ2n) is 5.25. The largest absolute Gasteiger partial charge is 0.393 e. The van der Waals surface area contributed by atoms with Gasteiger partial charge in [0.15, 0.2) is 11.6 Å². The lowest BCUT2D eigenvalue weighted by molar-refractivity contribution is 0.120. The first-order valence-corrected chi connectivity index (χ1v) is 7.31. The molecule has 2 aromatic rings. The Balaban J connectivity index is 1.73. The van der Waals surface area contributed by atoms with Crippen molar-refractivity contribution in [2.45, 2.75) is 18.9 Å². The molecule has 8 heteroatoms. The molecule has 0 saturated carbocycles. The lowest BCUT2D eigenvalue weighted by Gasteiger charge is -2.15. The van der Waals surface area contributed by atoms with Crippen LogP contribution in [0.25, 0.3) is 0 Å². The zero-order valence-electron chi connectivity index (χ0n) is 12.4. The van der Waals surface area contributed by atoms with Crippen LogP contribution in [0.1, 0.15) is 12.8 Å². The first kappa shape index (κ1) is 15.4. The molecule has 3 rings (SSSR count). The SMILES string of the molecule is Nc1c(NCC2CCCO2)ncnc1Nc1ccc(F)cc1F. The summed E-state index contributed by atoms with van der Waals surface area (Å²) in [5.74, 6) is -0.680. The van der Waals surface area contributed by atoms with Crippen LogP contribution in [0.4, 0.5) is 31.8 Å². The number of nitrogens with one attached hydrogen (secondary N) is 2. The second-order valence-corrected chi connectivity index (χ2v) is 5.25. The van der Waals surface area contributed by atoms with Crippen LogP contribution in [0.5, 0.6) is 0 Å². The molecule has 0 aliphatic carbocycles. The first-order chi connectivity index (χ1) is 11.1. The molecular formula is C15H17F2N5O. The maximum atomic E-state index is 13.7. The third-order valence-corrected chi connectivity index (χ3v) is 3.59. The Morgan fingerprint density at radius 1 is 1.26 bits per heavy atom. The fourth-order valence-corrected chi connectivity index (χ4v) is 2.37. The number of rotatable bonds is 5. The van der Waals surface area contributed by atoms with E-state index in [-0.39, 0.29) is 23.3 Å². The normalized spacial score (nSPS) is 17.2. The molecule has 0 bridgehead atoms. The van der Waals surface area contributed by atoms with Gasteiger partial charge in [-0.1, -0.05) is 0 Å². The zero-order chi connectivity index (χ0) is 16.2. The van der Waals surface area contributed by atoms with Gasteiger partial charge in [0, 0.05) is 19.2 Å². The zero-order valence-corrected chi connectivity index (χ0v) is 12.4. The summed E-state index contributed by atoms with van der Waals surface area (Å²) in [6.07, 6.45) is 3.49. The lowest BCUT2D eigenvalue weighted by Crippen LogP contribution is -2.20. The van der Waals surface area contributed by atoms with Crippen molar-refractivity contribution in [3.05, 3.63) is 36.2 Å². The third kappa shape index (κ3) is 3.65. The molecule has 23 heavy (non-hydrogen) atoms. The quantitative estimate of drug-likeness (QED) is 0.785. The maximum Gasteiger partial charge on any atom is 0.159 e. The van der Waals surface area contributed by atoms with Crippen molar-refractivity contribution in [3.8, 4) is 0 Å². The van der Waals surface area contributed by atoms with Crippen molar-refractivity contribution < 1.29 is 13.5 Å². The lowest BCUT2D eigenvalue weighted by atomic mass is 10.2. The van der Waals surface area contributed by atoms with Crippen molar-refractivity contribution in [3.63, 3.8) is 0 Å². The van der Waals surface area contributed by atoms with Gasteiger partial charge in [0.2, 0.25) is 0 Å². The fraction of sp³-hybridized carbons (Fsp3) is 0.333. The summed E-state index contributed by atoms with van der Waals surface area (Å²) in [6, 6.07) is 3.22. The second kappa shape index (κ2) is 6.74. The molecule has 1 fully saturated rings. The minimum atomic E-state index is -0.725. The summed E-state index contributed by atoms with van der Waals surface area (Å²) < 4.78 is 32.2. The molecule has 0 spiro atoms. The monoisotopic (exact) mass is 321 g/mol. The summed E-state index contributed by atoms with van der Waals surface area (Å²) >= 11 is 0. The van der Waals surface area contributed by atoms with Gasteiger partial charge in [-0.25, -0.2) is 18.7 Å². The average Bonchev–Trinajstić information content (AvgIpc) is 3.04. The van der Waals surface area contributed by atoms with E-state index in [1.165, 1.54) is 12.4 Å². The van der Waals surface area contributed by atoms with Crippen LogP contribution in [0, 0.1) is 11.6 Å². The number of benzene rings is 1. The smallest absolute Gasteiger partial charge is 0.159 e. The van der Waals surface area contributed by atoms with Gasteiger partial charge in [0.25, 0.3) is 0 Å². The van der Waals surface area contributed by atoms with Gasteiger partial charge in [-0.2, -0.15) is 0 Å². The highest BCUT2D eigenvalue weighted by atomic mass is 19.1. The number of aromatic nitrogens is 2. The van der Waals surface area contributed by atoms with Crippen molar-refractivity contribution in [2.75, 3.05) is 29.5 Å². The van der Waals surface area contributed by atoms with Gasteiger partial charge in [0.1, 0.15) is 23.6 Å². The van der Waals surface area contributed by atoms with E-state index in [0.717, 1.165) is 31.6 Å². The number of ether oxygens (including phenoxy) is 1. The van der Waals surface area contributed by atoms with E-state index in [2.05, 4.69) is 20.6 Å². The Morgan fingerprint density at radius 3 is 2.83 bits per heavy atom. The molecular weight excluding hydrogens is 304 g/mol. The molecule has 0 radical (unpaired) electrons. The van der Waals surface area contributed by atoms with Gasteiger partial charge in [-0.05, 0) is 25.0 Å². The van der Waals surface area contributed by atoms with E-state index in [1.54, 1.807) is 0 Å². The van der Waals surface area contributed by atoms with Crippen LogP contribution in [-0.2, 0) is 4.74 Å². The number of nitrogens with zero attached hydrogens (tertiary/aromatic N) is 2. The maximum absolute atomic E-state index is 13.7. The number of hydrogen-bond donors (Lipinski definition) is 3. The number of anilines is 4. The van der Waals surface area contributed by atoms with E-state index in [1.807, 2.05) is 0 Å². The van der Waals surface area contributed by atoms with Crippen LogP contribution in [0.15, 0.2) is 24.5 Å². The van der Waals surface area contributed by atoms with Crippen LogP contribution in [-0.4, -0.2) is 29.2 Å². The Labute approximate surface area is 132 Å². The molecule has 1 aromatic heterocycles. The van der Waals surface area contributed by atoms with Gasteiger partial charge >= 0.3 is 0 Å². The number of nitrogen functional groups attached to an aromatic ring is 1. The number of halogens is 2. The highest BCUT2D eigenvalue weighted by Gasteiger charge is 2.17. The number of hydrogen-bond acceptors (Lipinski definition) is 6. The van der Waals surface area contributed by atoms with E-state index < -0.39 is 11.6 Å². The summed E-state index contributed by atoms with van der Waals surface area (Å²) in [4.78, 5) is 8.08. The molecule has 122 valence electrons. The van der Waals surface area contributed by atoms with Crippen molar-refractivity contribution >= 4 is 23.0 Å². The molecule has 1 aromatic carbocycles. The van der Waals surface area contributed by atoms with Crippen LogP contribution >= 0.6 is 0 Å². The Hall–Kier alpha value is -2.48. The fourth-order valence-electron chi connectivity index (χ4n) is 2.37. The summed E-state index contributed by atoms with van der Waals surface area (Å²) in [5.41, 5.74) is 6.35. The number of nitrogens with two attached hydrogens (primary N) is 1. The van der Waals surface area contributed by atoms with E-state index >= 15 is 0 Å². The highest BCUT2D eigenvalue weighted by molar-refractivity contribution is 5.77. The molecule has 1 aliphatic rings. The Morgan fingerprint density at radius 2 is 2.09 bits per heavy atom. The Kier molecular flexibility index (Phi) is 4.52. The third-order valence-electron chi connectivity index (χ3n) is 3.59. The van der Waals surface area contributed by atoms with Gasteiger partial charge in [-0.3, -0.25) is 0 Å². The average molecular weight is 321 g/mol. The van der Waals surface area contributed by atoms with Gasteiger partial charge in [0.05, 0.1) is 11.8 Å². The minimum Gasteiger partial charge on any atom is -0.393 e. The molecule has 1 unspecified atom stereocenters. The highest BCUT2D eigenvalue weighted by Crippen LogP contribution is 2.27. The standard InChI is InChI=1S/C15H17F2N5O/c16-9-3-4-12(11(17)6-9)22-15-13(18)14(20-8-21-15)19-7-10-2-1-5-23-10/h3-4,6,8,10H,1-2,5,7,18H2,(H2,19,20,21,22). The Bertz CT molecular complexity index is 692. The summed E-state index contributed by atoms with van der Waals surface area (Å²) in [7, 11) is 0. The van der Waals surface area contributed by atoms with E-state index in [0.29, 0.717) is 12.4 Å². The molecule has 2 heterocycles. The van der Waals surface area contributed by atoms with Gasteiger partial charge < -0.3 is 21.1 Å². The van der Waals surface area contributed by atoms with Crippen LogP contribution in [0.3, 0.4) is 0 Å². The van der Waals surface area contributed by atoms with E-state index in [4.69, 9.17) is 10.5 Å². The predicted molar refractivity (Wildman–Crippen MR) is 83.5 cm³/mol. The van der Waals surface area contributed by atoms with E-state index in [9.17, 15) is 8.78 Å². The minimum absolute atomic E-state index is 0.0851. The molecule has 0 amide bonds. The van der Waals surface area contributed by atoms with Crippen LogP contribution < -0.4 is 16.4 Å². The van der Waals surface area contributed by atoms with Crippen molar-refractivity contribution in [1.82, 2.24) is 9.97 Å². The molecule has 1 atom stereocenters. The topological polar surface area (TPSA) is 85.1 Å². The first-order valence-electron chi connectivity index (χ1n) is 7.31. The summed E-state index contributed by atoms with van der Waals surface area (Å²) in [5, 5.41) is 5.86. The van der Waals surface area contributed by atoms with Crippen molar-refractivity contribution in [2.24, 2.45) is 0 Å². The molecule has 6 nitrogen and oxygen atoms in total. The molecule has 1 aliphatic heterocycles. The summed E-state index contributed by atoms with van der Waals surface area (Å²) in [6.45, 7) is 1.35. The van der Waals surface area contributed by atoms with Crippen molar-refractivity contribution in [1.29, 1.82) is 0 Å².